The molecular formula is C14H9Cl2N3OS. The predicted molar refractivity (Wildman–Crippen MR) is 85.0 cm³/mol. The molecule has 1 N–H and O–H groups in total. The quantitative estimate of drug-likeness (QED) is 0.787. The molecule has 1 amide bonds. The number of hydrogen-bond acceptors (Lipinski definition) is 4. The Bertz CT molecular complexity index is 819. The van der Waals surface area contributed by atoms with Gasteiger partial charge in [-0.05, 0) is 47.4 Å². The monoisotopic (exact) mass is 337 g/mol. The number of benzene rings is 2. The van der Waals surface area contributed by atoms with E-state index in [9.17, 15) is 4.79 Å². The molecular weight excluding hydrogens is 329 g/mol. The number of nitrogens with one attached hydrogen (secondary N) is 1. The third kappa shape index (κ3) is 3.15. The lowest BCUT2D eigenvalue weighted by atomic mass is 10.2. The molecule has 0 spiro atoms. The Balaban J connectivity index is 1.73. The maximum absolute atomic E-state index is 12.1. The van der Waals surface area contributed by atoms with Crippen LogP contribution in [0.4, 0.5) is 0 Å². The van der Waals surface area contributed by atoms with Gasteiger partial charge in [-0.3, -0.25) is 4.79 Å². The van der Waals surface area contributed by atoms with Gasteiger partial charge in [-0.2, -0.15) is 0 Å². The third-order valence-corrected chi connectivity index (χ3v) is 4.24. The van der Waals surface area contributed by atoms with E-state index in [1.807, 2.05) is 0 Å². The fourth-order valence-corrected chi connectivity index (χ4v) is 2.94. The van der Waals surface area contributed by atoms with E-state index in [0.29, 0.717) is 22.2 Å². The van der Waals surface area contributed by atoms with Gasteiger partial charge >= 0.3 is 0 Å². The Morgan fingerprint density at radius 2 is 2.05 bits per heavy atom. The number of aromatic nitrogens is 2. The summed E-state index contributed by atoms with van der Waals surface area (Å²) >= 11 is 13.2. The number of amides is 1. The minimum atomic E-state index is -0.170. The van der Waals surface area contributed by atoms with Crippen LogP contribution in [0.3, 0.4) is 0 Å². The van der Waals surface area contributed by atoms with E-state index in [0.717, 1.165) is 15.8 Å². The molecule has 0 saturated heterocycles. The molecule has 3 aromatic rings. The predicted octanol–water partition coefficient (Wildman–Crippen LogP) is 3.93. The van der Waals surface area contributed by atoms with E-state index in [1.165, 1.54) is 11.5 Å². The van der Waals surface area contributed by atoms with Gasteiger partial charge in [0.05, 0.1) is 4.70 Å². The molecule has 0 aliphatic heterocycles. The number of fused-ring (bicyclic) bond motifs is 1. The molecule has 0 fully saturated rings. The first-order chi connectivity index (χ1) is 10.1. The molecule has 3 rings (SSSR count). The summed E-state index contributed by atoms with van der Waals surface area (Å²) in [5.41, 5.74) is 2.17. The molecule has 0 radical (unpaired) electrons. The zero-order valence-corrected chi connectivity index (χ0v) is 13.0. The molecule has 1 aromatic heterocycles. The van der Waals surface area contributed by atoms with E-state index in [2.05, 4.69) is 14.9 Å². The van der Waals surface area contributed by atoms with Crippen molar-refractivity contribution in [3.63, 3.8) is 0 Å². The van der Waals surface area contributed by atoms with Crippen LogP contribution in [0.2, 0.25) is 10.0 Å². The lowest BCUT2D eigenvalue weighted by molar-refractivity contribution is 0.0951. The first-order valence-corrected chi connectivity index (χ1v) is 7.60. The molecule has 0 bridgehead atoms. The molecule has 2 aromatic carbocycles. The average molecular weight is 338 g/mol. The van der Waals surface area contributed by atoms with Crippen LogP contribution in [0.5, 0.6) is 0 Å². The first kappa shape index (κ1) is 14.3. The molecule has 1 heterocycles. The lowest BCUT2D eigenvalue weighted by Crippen LogP contribution is -2.22. The second-order valence-electron chi connectivity index (χ2n) is 4.37. The van der Waals surface area contributed by atoms with Crippen LogP contribution in [-0.2, 0) is 6.54 Å². The highest BCUT2D eigenvalue weighted by Crippen LogP contribution is 2.21. The Labute approximate surface area is 134 Å². The molecule has 7 heteroatoms. The zero-order valence-electron chi connectivity index (χ0n) is 10.6. The molecule has 21 heavy (non-hydrogen) atoms. The Kier molecular flexibility index (Phi) is 4.05. The van der Waals surface area contributed by atoms with Crippen LogP contribution in [0.15, 0.2) is 36.4 Å². The first-order valence-electron chi connectivity index (χ1n) is 6.08. The van der Waals surface area contributed by atoms with Crippen molar-refractivity contribution >= 4 is 50.9 Å². The smallest absolute Gasteiger partial charge is 0.251 e. The highest BCUT2D eigenvalue weighted by atomic mass is 35.5. The fourth-order valence-electron chi connectivity index (χ4n) is 1.86. The highest BCUT2D eigenvalue weighted by Gasteiger charge is 2.09. The second kappa shape index (κ2) is 5.97. The summed E-state index contributed by atoms with van der Waals surface area (Å²) in [6.07, 6.45) is 0. The van der Waals surface area contributed by atoms with Gasteiger partial charge < -0.3 is 5.32 Å². The molecule has 0 saturated carbocycles. The third-order valence-electron chi connectivity index (χ3n) is 2.96. The van der Waals surface area contributed by atoms with Gasteiger partial charge in [0.15, 0.2) is 0 Å². The van der Waals surface area contributed by atoms with Crippen LogP contribution in [0.25, 0.3) is 10.2 Å². The SMILES string of the molecule is O=C(NCc1ccc(Cl)cc1Cl)c1ccc2nnsc2c1. The van der Waals surface area contributed by atoms with Crippen LogP contribution in [-0.4, -0.2) is 15.5 Å². The topological polar surface area (TPSA) is 54.9 Å². The Morgan fingerprint density at radius 1 is 1.19 bits per heavy atom. The van der Waals surface area contributed by atoms with Crippen molar-refractivity contribution in [2.24, 2.45) is 0 Å². The summed E-state index contributed by atoms with van der Waals surface area (Å²) in [5.74, 6) is -0.170. The molecule has 0 unspecified atom stereocenters. The highest BCUT2D eigenvalue weighted by molar-refractivity contribution is 7.12. The lowest BCUT2D eigenvalue weighted by Gasteiger charge is -2.07. The van der Waals surface area contributed by atoms with E-state index in [-0.39, 0.29) is 5.91 Å². The molecule has 0 atom stereocenters. The summed E-state index contributed by atoms with van der Waals surface area (Å²) in [4.78, 5) is 12.1. The summed E-state index contributed by atoms with van der Waals surface area (Å²) in [6, 6.07) is 10.5. The van der Waals surface area contributed by atoms with Gasteiger partial charge in [0.1, 0.15) is 5.52 Å². The van der Waals surface area contributed by atoms with Gasteiger partial charge in [0.2, 0.25) is 0 Å². The van der Waals surface area contributed by atoms with Gasteiger partial charge in [0.25, 0.3) is 5.91 Å². The second-order valence-corrected chi connectivity index (χ2v) is 6.00. The van der Waals surface area contributed by atoms with Gasteiger partial charge in [-0.25, -0.2) is 0 Å². The summed E-state index contributed by atoms with van der Waals surface area (Å²) in [5, 5.41) is 7.87. The van der Waals surface area contributed by atoms with E-state index in [4.69, 9.17) is 23.2 Å². The van der Waals surface area contributed by atoms with Gasteiger partial charge in [-0.15, -0.1) is 5.10 Å². The van der Waals surface area contributed by atoms with E-state index in [1.54, 1.807) is 36.4 Å². The number of rotatable bonds is 3. The normalized spacial score (nSPS) is 10.8. The van der Waals surface area contributed by atoms with Crippen molar-refractivity contribution in [3.8, 4) is 0 Å². The summed E-state index contributed by atoms with van der Waals surface area (Å²) in [6.45, 7) is 0.341. The molecule has 106 valence electrons. The zero-order chi connectivity index (χ0) is 14.8. The fraction of sp³-hybridized carbons (Fsp3) is 0.0714. The Hall–Kier alpha value is -1.69. The summed E-state index contributed by atoms with van der Waals surface area (Å²) < 4.78 is 4.73. The average Bonchev–Trinajstić information content (AvgIpc) is 2.93. The number of halogens is 2. The minimum absolute atomic E-state index is 0.170. The van der Waals surface area contributed by atoms with Gasteiger partial charge in [0, 0.05) is 22.2 Å². The Morgan fingerprint density at radius 3 is 2.86 bits per heavy atom. The van der Waals surface area contributed by atoms with Crippen molar-refractivity contribution in [2.75, 3.05) is 0 Å². The van der Waals surface area contributed by atoms with E-state index < -0.39 is 0 Å². The van der Waals surface area contributed by atoms with Crippen molar-refractivity contribution in [1.29, 1.82) is 0 Å². The largest absolute Gasteiger partial charge is 0.348 e. The minimum Gasteiger partial charge on any atom is -0.348 e. The number of hydrogen-bond donors (Lipinski definition) is 1. The molecule has 0 aliphatic rings. The maximum atomic E-state index is 12.1. The number of carbonyl (C=O) groups excluding carboxylic acids is 1. The van der Waals surface area contributed by atoms with Crippen molar-refractivity contribution in [2.45, 2.75) is 6.54 Å². The number of nitrogens with zero attached hydrogens (tertiary/aromatic N) is 2. The molecule has 0 aliphatic carbocycles. The van der Waals surface area contributed by atoms with Crippen molar-refractivity contribution < 1.29 is 4.79 Å². The standard InChI is InChI=1S/C14H9Cl2N3OS/c15-10-3-1-9(11(16)6-10)7-17-14(20)8-2-4-12-13(5-8)21-19-18-12/h1-6H,7H2,(H,17,20). The van der Waals surface area contributed by atoms with Crippen LogP contribution in [0.1, 0.15) is 15.9 Å². The summed E-state index contributed by atoms with van der Waals surface area (Å²) in [7, 11) is 0. The maximum Gasteiger partial charge on any atom is 0.251 e. The van der Waals surface area contributed by atoms with Crippen LogP contribution >= 0.6 is 34.7 Å². The number of carbonyl (C=O) groups is 1. The van der Waals surface area contributed by atoms with Crippen LogP contribution in [0, 0.1) is 0 Å². The van der Waals surface area contributed by atoms with Crippen molar-refractivity contribution in [3.05, 3.63) is 57.6 Å². The van der Waals surface area contributed by atoms with Crippen LogP contribution < -0.4 is 5.32 Å². The van der Waals surface area contributed by atoms with Gasteiger partial charge in [-0.1, -0.05) is 33.8 Å². The molecule has 4 nitrogen and oxygen atoms in total. The van der Waals surface area contributed by atoms with Crippen molar-refractivity contribution in [1.82, 2.24) is 14.9 Å². The van der Waals surface area contributed by atoms with E-state index >= 15 is 0 Å².